The van der Waals surface area contributed by atoms with E-state index in [0.717, 1.165) is 5.56 Å². The van der Waals surface area contributed by atoms with Crippen LogP contribution in [-0.2, 0) is 0 Å². The Labute approximate surface area is 113 Å². The minimum Gasteiger partial charge on any atom is -0.322 e. The summed E-state index contributed by atoms with van der Waals surface area (Å²) < 4.78 is 0. The first-order chi connectivity index (χ1) is 8.60. The van der Waals surface area contributed by atoms with E-state index in [9.17, 15) is 0 Å². The first kappa shape index (κ1) is 12.7. The monoisotopic (exact) mass is 282 g/mol. The minimum absolute atomic E-state index is 0.00508. The largest absolute Gasteiger partial charge is 0.322 e. The molecule has 2 N–H and O–H groups in total. The normalized spacial score (nSPS) is 10.2. The van der Waals surface area contributed by atoms with E-state index in [1.54, 1.807) is 6.07 Å². The van der Waals surface area contributed by atoms with Crippen molar-refractivity contribution in [2.75, 3.05) is 5.32 Å². The van der Waals surface area contributed by atoms with Gasteiger partial charge < -0.3 is 5.32 Å². The number of hydrogen-bond acceptors (Lipinski definition) is 6. The van der Waals surface area contributed by atoms with Gasteiger partial charge in [0.25, 0.3) is 0 Å². The fourth-order valence-electron chi connectivity index (χ4n) is 1.41. The number of nitrogens with zero attached hydrogens (tertiary/aromatic N) is 4. The quantitative estimate of drug-likeness (QED) is 0.836. The smallest absolute Gasteiger partial charge is 0.232 e. The average molecular weight is 283 g/mol. The van der Waals surface area contributed by atoms with Crippen LogP contribution in [0.25, 0.3) is 0 Å². The molecule has 0 aliphatic rings. The Balaban J connectivity index is 2.39. The molecular weight excluding hydrogens is 275 g/mol. The summed E-state index contributed by atoms with van der Waals surface area (Å²) in [5.41, 5.74) is 9.12. The maximum Gasteiger partial charge on any atom is 0.232 e. The third-order valence-electron chi connectivity index (χ3n) is 2.18. The highest BCUT2D eigenvalue weighted by molar-refractivity contribution is 6.31. The number of benzene rings is 1. The van der Waals surface area contributed by atoms with E-state index in [1.165, 1.54) is 0 Å². The van der Waals surface area contributed by atoms with Crippen molar-refractivity contribution in [2.45, 2.75) is 6.92 Å². The molecule has 2 aromatic rings. The van der Waals surface area contributed by atoms with Crippen LogP contribution < -0.4 is 5.32 Å². The van der Waals surface area contributed by atoms with E-state index >= 15 is 0 Å². The molecule has 1 aromatic heterocycles. The van der Waals surface area contributed by atoms with Crippen molar-refractivity contribution < 1.29 is 0 Å². The number of aromatic nitrogens is 3. The van der Waals surface area contributed by atoms with Gasteiger partial charge in [-0.3, -0.25) is 0 Å². The molecule has 0 saturated heterocycles. The number of nitrogens with one attached hydrogen (secondary N) is 2. The van der Waals surface area contributed by atoms with Crippen LogP contribution in [0.1, 0.15) is 5.56 Å². The van der Waals surface area contributed by atoms with Crippen LogP contribution in [-0.4, -0.2) is 15.0 Å². The van der Waals surface area contributed by atoms with Crippen LogP contribution >= 0.6 is 23.2 Å². The molecule has 0 aliphatic heterocycles. The first-order valence-corrected chi connectivity index (χ1v) is 5.67. The van der Waals surface area contributed by atoms with Gasteiger partial charge in [-0.15, -0.1) is 0 Å². The molecule has 6 nitrogen and oxygen atoms in total. The zero-order chi connectivity index (χ0) is 13.1. The second kappa shape index (κ2) is 5.24. The molecule has 0 radical (unpaired) electrons. The molecule has 0 amide bonds. The Morgan fingerprint density at radius 1 is 1.17 bits per heavy atom. The number of rotatable bonds is 3. The third-order valence-corrected chi connectivity index (χ3v) is 2.51. The van der Waals surface area contributed by atoms with E-state index in [2.05, 4.69) is 25.4 Å². The SMILES string of the molecule is Cc1cccc(Nc2nc(Cl)nc(Cl)n2)c1N=N. The molecule has 2 rings (SSSR count). The summed E-state index contributed by atoms with van der Waals surface area (Å²) in [4.78, 5) is 11.4. The summed E-state index contributed by atoms with van der Waals surface area (Å²) in [6, 6.07) is 5.44. The zero-order valence-corrected chi connectivity index (χ0v) is 10.8. The van der Waals surface area contributed by atoms with Gasteiger partial charge in [-0.1, -0.05) is 12.1 Å². The summed E-state index contributed by atoms with van der Waals surface area (Å²) in [5, 5.41) is 6.35. The summed E-state index contributed by atoms with van der Waals surface area (Å²) in [6.07, 6.45) is 0. The Morgan fingerprint density at radius 3 is 2.44 bits per heavy atom. The molecule has 0 unspecified atom stereocenters. The van der Waals surface area contributed by atoms with Gasteiger partial charge in [-0.25, -0.2) is 5.53 Å². The van der Waals surface area contributed by atoms with Crippen LogP contribution in [0, 0.1) is 12.5 Å². The van der Waals surface area contributed by atoms with Gasteiger partial charge in [0.2, 0.25) is 16.5 Å². The second-order valence-electron chi connectivity index (χ2n) is 3.40. The maximum absolute atomic E-state index is 7.16. The highest BCUT2D eigenvalue weighted by atomic mass is 35.5. The highest BCUT2D eigenvalue weighted by Gasteiger charge is 2.08. The summed E-state index contributed by atoms with van der Waals surface area (Å²) >= 11 is 11.3. The molecular formula is C10H8Cl2N6. The molecule has 0 spiro atoms. The second-order valence-corrected chi connectivity index (χ2v) is 4.08. The molecule has 0 fully saturated rings. The fraction of sp³-hybridized carbons (Fsp3) is 0.100. The molecule has 0 bridgehead atoms. The molecule has 0 saturated carbocycles. The summed E-state index contributed by atoms with van der Waals surface area (Å²) in [6.45, 7) is 1.85. The van der Waals surface area contributed by atoms with Crippen LogP contribution in [0.5, 0.6) is 0 Å². The minimum atomic E-state index is -0.00508. The lowest BCUT2D eigenvalue weighted by atomic mass is 10.2. The maximum atomic E-state index is 7.16. The molecule has 92 valence electrons. The lowest BCUT2D eigenvalue weighted by Crippen LogP contribution is -2.00. The third kappa shape index (κ3) is 2.72. The number of hydrogen-bond donors (Lipinski definition) is 2. The first-order valence-electron chi connectivity index (χ1n) is 4.91. The van der Waals surface area contributed by atoms with Crippen molar-refractivity contribution in [1.29, 1.82) is 5.53 Å². The molecule has 18 heavy (non-hydrogen) atoms. The number of halogens is 2. The van der Waals surface area contributed by atoms with Gasteiger partial charge >= 0.3 is 0 Å². The van der Waals surface area contributed by atoms with Crippen LogP contribution in [0.2, 0.25) is 10.6 Å². The lowest BCUT2D eigenvalue weighted by Gasteiger charge is -2.08. The lowest BCUT2D eigenvalue weighted by molar-refractivity contribution is 1.05. The van der Waals surface area contributed by atoms with Gasteiger partial charge in [0.1, 0.15) is 5.69 Å². The van der Waals surface area contributed by atoms with Crippen molar-refractivity contribution in [1.82, 2.24) is 15.0 Å². The van der Waals surface area contributed by atoms with Crippen molar-refractivity contribution in [3.05, 3.63) is 34.3 Å². The molecule has 0 atom stereocenters. The number of anilines is 2. The summed E-state index contributed by atoms with van der Waals surface area (Å²) in [5.74, 6) is 0.204. The van der Waals surface area contributed by atoms with Crippen LogP contribution in [0.3, 0.4) is 0 Å². The number of para-hydroxylation sites is 1. The molecule has 0 aliphatic carbocycles. The van der Waals surface area contributed by atoms with Gasteiger partial charge in [0, 0.05) is 0 Å². The van der Waals surface area contributed by atoms with Crippen LogP contribution in [0.15, 0.2) is 23.3 Å². The fourth-order valence-corrected chi connectivity index (χ4v) is 1.77. The van der Waals surface area contributed by atoms with Crippen LogP contribution in [0.4, 0.5) is 17.3 Å². The van der Waals surface area contributed by atoms with E-state index in [4.69, 9.17) is 28.7 Å². The predicted molar refractivity (Wildman–Crippen MR) is 69.1 cm³/mol. The molecule has 8 heteroatoms. The Morgan fingerprint density at radius 2 is 1.83 bits per heavy atom. The Hall–Kier alpha value is -1.79. The standard InChI is InChI=1S/C10H8Cl2N6/c1-5-3-2-4-6(7(5)18-13)14-10-16-8(11)15-9(12)17-10/h2-4,13H,1H3,(H,14,15,16,17). The van der Waals surface area contributed by atoms with Gasteiger partial charge in [-0.05, 0) is 41.8 Å². The number of aryl methyl sites for hydroxylation is 1. The van der Waals surface area contributed by atoms with Crippen molar-refractivity contribution in [2.24, 2.45) is 5.11 Å². The van der Waals surface area contributed by atoms with Gasteiger partial charge in [0.05, 0.1) is 5.69 Å². The van der Waals surface area contributed by atoms with Crippen molar-refractivity contribution >= 4 is 40.5 Å². The average Bonchev–Trinajstić information content (AvgIpc) is 2.27. The highest BCUT2D eigenvalue weighted by Crippen LogP contribution is 2.30. The molecule has 1 aromatic carbocycles. The van der Waals surface area contributed by atoms with E-state index < -0.39 is 0 Å². The topological polar surface area (TPSA) is 86.9 Å². The Kier molecular flexibility index (Phi) is 3.69. The van der Waals surface area contributed by atoms with Gasteiger partial charge in [0.15, 0.2) is 0 Å². The zero-order valence-electron chi connectivity index (χ0n) is 9.28. The van der Waals surface area contributed by atoms with E-state index in [0.29, 0.717) is 11.4 Å². The van der Waals surface area contributed by atoms with E-state index in [1.807, 2.05) is 19.1 Å². The molecule has 1 heterocycles. The van der Waals surface area contributed by atoms with E-state index in [-0.39, 0.29) is 16.5 Å². The van der Waals surface area contributed by atoms with Crippen molar-refractivity contribution in [3.63, 3.8) is 0 Å². The Bertz CT molecular complexity index is 581. The predicted octanol–water partition coefficient (Wildman–Crippen LogP) is 3.89. The van der Waals surface area contributed by atoms with Gasteiger partial charge in [-0.2, -0.15) is 20.1 Å². The van der Waals surface area contributed by atoms with Crippen molar-refractivity contribution in [3.8, 4) is 0 Å². The summed E-state index contributed by atoms with van der Waals surface area (Å²) in [7, 11) is 0.